The van der Waals surface area contributed by atoms with Crippen LogP contribution in [0.4, 0.5) is 0 Å². The van der Waals surface area contributed by atoms with Gasteiger partial charge in [0.2, 0.25) is 5.91 Å². The van der Waals surface area contributed by atoms with Crippen molar-refractivity contribution < 1.29 is 4.79 Å². The molecule has 0 N–H and O–H groups in total. The van der Waals surface area contributed by atoms with Gasteiger partial charge in [-0.15, -0.1) is 11.3 Å². The molecular weight excluding hydrogens is 346 g/mol. The molecule has 0 spiro atoms. The first-order valence-corrected chi connectivity index (χ1v) is 10.5. The Balaban J connectivity index is 1.53. The Labute approximate surface area is 157 Å². The van der Waals surface area contributed by atoms with E-state index < -0.39 is 0 Å². The number of carbonyl (C=O) groups excluding carboxylic acids is 1. The number of thiophene rings is 1. The number of nitrogens with zero attached hydrogens (tertiary/aromatic N) is 3. The van der Waals surface area contributed by atoms with Gasteiger partial charge in [-0.2, -0.15) is 5.10 Å². The molecule has 1 aliphatic carbocycles. The molecule has 2 aromatic rings. The molecule has 26 heavy (non-hydrogen) atoms. The topological polar surface area (TPSA) is 55.2 Å². The standard InChI is InChI=1S/C20H25N3O2S/c24-19-11-10-17(18-9-5-13-26-18)21-23(19)16-8-4-12-22(14-16)20(25)15-6-2-1-3-7-15/h5,9-11,13,15-16H,1-4,6-8,12,14H2/t16-/m0/s1. The molecule has 6 heteroatoms. The molecule has 2 fully saturated rings. The lowest BCUT2D eigenvalue weighted by molar-refractivity contribution is -0.138. The third kappa shape index (κ3) is 3.61. The van der Waals surface area contributed by atoms with Gasteiger partial charge in [-0.25, -0.2) is 4.68 Å². The molecule has 0 aromatic carbocycles. The Bertz CT molecular complexity index is 809. The highest BCUT2D eigenvalue weighted by Crippen LogP contribution is 2.29. The highest BCUT2D eigenvalue weighted by atomic mass is 32.1. The molecule has 1 saturated heterocycles. The Morgan fingerprint density at radius 3 is 2.69 bits per heavy atom. The molecule has 2 aromatic heterocycles. The van der Waals surface area contributed by atoms with Crippen LogP contribution < -0.4 is 5.56 Å². The first-order chi connectivity index (χ1) is 12.7. The lowest BCUT2D eigenvalue weighted by Gasteiger charge is -2.36. The Kier molecular flexibility index (Phi) is 5.20. The van der Waals surface area contributed by atoms with Crippen LogP contribution in [0.1, 0.15) is 51.0 Å². The zero-order chi connectivity index (χ0) is 17.9. The second kappa shape index (κ2) is 7.74. The second-order valence-corrected chi connectivity index (χ2v) is 8.34. The van der Waals surface area contributed by atoms with Gasteiger partial charge >= 0.3 is 0 Å². The molecule has 1 saturated carbocycles. The van der Waals surface area contributed by atoms with Crippen LogP contribution in [0, 0.1) is 5.92 Å². The van der Waals surface area contributed by atoms with E-state index in [-0.39, 0.29) is 23.4 Å². The number of likely N-dealkylation sites (tertiary alicyclic amines) is 1. The largest absolute Gasteiger partial charge is 0.340 e. The minimum Gasteiger partial charge on any atom is -0.340 e. The van der Waals surface area contributed by atoms with Crippen LogP contribution >= 0.6 is 11.3 Å². The van der Waals surface area contributed by atoms with Crippen molar-refractivity contribution in [1.82, 2.24) is 14.7 Å². The molecule has 0 bridgehead atoms. The van der Waals surface area contributed by atoms with E-state index in [1.54, 1.807) is 28.2 Å². The van der Waals surface area contributed by atoms with Crippen molar-refractivity contribution >= 4 is 17.2 Å². The number of amides is 1. The smallest absolute Gasteiger partial charge is 0.267 e. The predicted molar refractivity (Wildman–Crippen MR) is 103 cm³/mol. The van der Waals surface area contributed by atoms with E-state index in [1.165, 1.54) is 6.42 Å². The number of rotatable bonds is 3. The Morgan fingerprint density at radius 1 is 1.08 bits per heavy atom. The van der Waals surface area contributed by atoms with Gasteiger partial charge in [-0.05, 0) is 43.2 Å². The average molecular weight is 372 g/mol. The van der Waals surface area contributed by atoms with Crippen molar-refractivity contribution in [1.29, 1.82) is 0 Å². The Hall–Kier alpha value is -1.95. The normalized spacial score (nSPS) is 21.7. The number of aromatic nitrogens is 2. The average Bonchev–Trinajstić information content (AvgIpc) is 3.23. The molecule has 1 amide bonds. The molecular formula is C20H25N3O2S. The highest BCUT2D eigenvalue weighted by molar-refractivity contribution is 7.13. The van der Waals surface area contributed by atoms with Crippen LogP contribution in [-0.4, -0.2) is 33.7 Å². The van der Waals surface area contributed by atoms with Gasteiger partial charge in [0.1, 0.15) is 5.69 Å². The van der Waals surface area contributed by atoms with Crippen molar-refractivity contribution in [3.8, 4) is 10.6 Å². The van der Waals surface area contributed by atoms with E-state index in [0.717, 1.165) is 55.6 Å². The van der Waals surface area contributed by atoms with Gasteiger partial charge in [-0.1, -0.05) is 25.3 Å². The summed E-state index contributed by atoms with van der Waals surface area (Å²) in [7, 11) is 0. The maximum Gasteiger partial charge on any atom is 0.267 e. The lowest BCUT2D eigenvalue weighted by Crippen LogP contribution is -2.46. The molecule has 4 rings (SSSR count). The van der Waals surface area contributed by atoms with Crippen LogP contribution in [0.25, 0.3) is 10.6 Å². The molecule has 0 radical (unpaired) electrons. The van der Waals surface area contributed by atoms with E-state index in [2.05, 4.69) is 5.10 Å². The maximum atomic E-state index is 12.9. The van der Waals surface area contributed by atoms with Gasteiger partial charge in [0.15, 0.2) is 0 Å². The van der Waals surface area contributed by atoms with Gasteiger partial charge in [0, 0.05) is 25.1 Å². The van der Waals surface area contributed by atoms with Gasteiger partial charge < -0.3 is 4.90 Å². The van der Waals surface area contributed by atoms with E-state index in [0.29, 0.717) is 6.54 Å². The fraction of sp³-hybridized carbons (Fsp3) is 0.550. The van der Waals surface area contributed by atoms with Gasteiger partial charge in [0.05, 0.1) is 10.9 Å². The lowest BCUT2D eigenvalue weighted by atomic mass is 9.87. The monoisotopic (exact) mass is 371 g/mol. The van der Waals surface area contributed by atoms with E-state index in [1.807, 2.05) is 22.4 Å². The summed E-state index contributed by atoms with van der Waals surface area (Å²) < 4.78 is 1.61. The molecule has 2 aliphatic rings. The van der Waals surface area contributed by atoms with Crippen molar-refractivity contribution in [2.45, 2.75) is 51.0 Å². The summed E-state index contributed by atoms with van der Waals surface area (Å²) in [6.07, 6.45) is 7.45. The van der Waals surface area contributed by atoms with E-state index in [4.69, 9.17) is 0 Å². The van der Waals surface area contributed by atoms with Crippen LogP contribution in [0.5, 0.6) is 0 Å². The quantitative estimate of drug-likeness (QED) is 0.826. The predicted octanol–water partition coefficient (Wildman–Crippen LogP) is 3.72. The highest BCUT2D eigenvalue weighted by Gasteiger charge is 2.31. The van der Waals surface area contributed by atoms with Crippen molar-refractivity contribution in [3.63, 3.8) is 0 Å². The number of hydrogen-bond donors (Lipinski definition) is 0. The molecule has 1 atom stereocenters. The first-order valence-electron chi connectivity index (χ1n) is 9.65. The third-order valence-electron chi connectivity index (χ3n) is 5.61. The summed E-state index contributed by atoms with van der Waals surface area (Å²) in [5.41, 5.74) is 0.748. The van der Waals surface area contributed by atoms with Crippen LogP contribution in [-0.2, 0) is 4.79 Å². The van der Waals surface area contributed by atoms with Crippen molar-refractivity contribution in [3.05, 3.63) is 40.0 Å². The molecule has 0 unspecified atom stereocenters. The minimum absolute atomic E-state index is 0.0243. The minimum atomic E-state index is -0.0812. The fourth-order valence-electron chi connectivity index (χ4n) is 4.20. The summed E-state index contributed by atoms with van der Waals surface area (Å²) in [6.45, 7) is 1.42. The summed E-state index contributed by atoms with van der Waals surface area (Å²) in [5, 5.41) is 6.63. The fourth-order valence-corrected chi connectivity index (χ4v) is 4.90. The number of hydrogen-bond acceptors (Lipinski definition) is 4. The summed E-state index contributed by atoms with van der Waals surface area (Å²) in [5.74, 6) is 0.474. The van der Waals surface area contributed by atoms with Crippen LogP contribution in [0.2, 0.25) is 0 Å². The Morgan fingerprint density at radius 2 is 1.92 bits per heavy atom. The summed E-state index contributed by atoms with van der Waals surface area (Å²) in [4.78, 5) is 28.3. The molecule has 5 nitrogen and oxygen atoms in total. The summed E-state index contributed by atoms with van der Waals surface area (Å²) in [6, 6.07) is 7.37. The zero-order valence-electron chi connectivity index (χ0n) is 15.0. The SMILES string of the molecule is O=C(C1CCCCC1)N1CCC[C@H](n2nc(-c3cccs3)ccc2=O)C1. The third-order valence-corrected chi connectivity index (χ3v) is 6.50. The maximum absolute atomic E-state index is 12.9. The summed E-state index contributed by atoms with van der Waals surface area (Å²) >= 11 is 1.62. The van der Waals surface area contributed by atoms with E-state index >= 15 is 0 Å². The second-order valence-electron chi connectivity index (χ2n) is 7.39. The number of carbonyl (C=O) groups is 1. The molecule has 1 aliphatic heterocycles. The zero-order valence-corrected chi connectivity index (χ0v) is 15.8. The van der Waals surface area contributed by atoms with E-state index in [9.17, 15) is 9.59 Å². The molecule has 138 valence electrons. The van der Waals surface area contributed by atoms with Crippen LogP contribution in [0.15, 0.2) is 34.4 Å². The van der Waals surface area contributed by atoms with Gasteiger partial charge in [-0.3, -0.25) is 9.59 Å². The van der Waals surface area contributed by atoms with Gasteiger partial charge in [0.25, 0.3) is 5.56 Å². The van der Waals surface area contributed by atoms with Crippen LogP contribution in [0.3, 0.4) is 0 Å². The number of piperidine rings is 1. The van der Waals surface area contributed by atoms with Crippen molar-refractivity contribution in [2.75, 3.05) is 13.1 Å². The molecule has 3 heterocycles. The van der Waals surface area contributed by atoms with Crippen molar-refractivity contribution in [2.24, 2.45) is 5.92 Å². The first kappa shape index (κ1) is 17.5.